The minimum Gasteiger partial charge on any atom is -0.334 e. The molecule has 0 aromatic carbocycles. The Morgan fingerprint density at radius 2 is 1.91 bits per heavy atom. The van der Waals surface area contributed by atoms with Crippen LogP contribution in [0.5, 0.6) is 0 Å². The molecule has 3 aromatic rings. The lowest BCUT2D eigenvalue weighted by molar-refractivity contribution is -0.137. The van der Waals surface area contributed by atoms with Crippen molar-refractivity contribution in [1.82, 2.24) is 19.9 Å². The average Bonchev–Trinajstić information content (AvgIpc) is 2.82. The molecular weight excluding hydrogens is 467 g/mol. The summed E-state index contributed by atoms with van der Waals surface area (Å²) in [6.07, 6.45) is -2.93. The van der Waals surface area contributed by atoms with Crippen LogP contribution < -0.4 is 0 Å². The molecule has 1 aliphatic rings. The van der Waals surface area contributed by atoms with Gasteiger partial charge >= 0.3 is 6.18 Å². The number of aromatic nitrogens is 3. The molecule has 0 bridgehead atoms. The molecule has 5 nitrogen and oxygen atoms in total. The number of pyridine rings is 3. The molecule has 0 radical (unpaired) electrons. The maximum Gasteiger partial charge on any atom is 0.417 e. The molecule has 35 heavy (non-hydrogen) atoms. The second-order valence-electron chi connectivity index (χ2n) is 8.60. The topological polar surface area (TPSA) is 59.0 Å². The van der Waals surface area contributed by atoms with Gasteiger partial charge in [-0.25, -0.2) is 13.8 Å². The fourth-order valence-electron chi connectivity index (χ4n) is 4.19. The number of likely N-dealkylation sites (tertiary alicyclic amines) is 1. The molecule has 1 amide bonds. The third kappa shape index (κ3) is 5.80. The highest BCUT2D eigenvalue weighted by atomic mass is 19.4. The summed E-state index contributed by atoms with van der Waals surface area (Å²) >= 11 is 0. The van der Waals surface area contributed by atoms with E-state index >= 15 is 0 Å². The summed E-state index contributed by atoms with van der Waals surface area (Å²) in [4.78, 5) is 27.5. The SMILES string of the molecule is Cc1ccc(-c2ccccn2)c(C(=O)N2CCC(F)(F)CC2CCc2ccc(C(F)(F)F)cn2)n1. The number of carbonyl (C=O) groups is 1. The second-order valence-corrected chi connectivity index (χ2v) is 8.60. The van der Waals surface area contributed by atoms with Crippen LogP contribution in [-0.4, -0.2) is 44.3 Å². The van der Waals surface area contributed by atoms with Crippen LogP contribution in [0, 0.1) is 6.92 Å². The third-order valence-electron chi connectivity index (χ3n) is 6.02. The van der Waals surface area contributed by atoms with Crippen LogP contribution >= 0.6 is 0 Å². The van der Waals surface area contributed by atoms with E-state index in [0.29, 0.717) is 22.6 Å². The van der Waals surface area contributed by atoms with E-state index in [1.54, 1.807) is 43.5 Å². The van der Waals surface area contributed by atoms with Crippen molar-refractivity contribution in [3.63, 3.8) is 0 Å². The van der Waals surface area contributed by atoms with Gasteiger partial charge in [-0.1, -0.05) is 6.07 Å². The first-order valence-electron chi connectivity index (χ1n) is 11.1. The molecule has 1 unspecified atom stereocenters. The number of hydrogen-bond acceptors (Lipinski definition) is 4. The summed E-state index contributed by atoms with van der Waals surface area (Å²) in [5.41, 5.74) is 1.22. The van der Waals surface area contributed by atoms with E-state index in [4.69, 9.17) is 0 Å². The number of piperidine rings is 1. The lowest BCUT2D eigenvalue weighted by Crippen LogP contribution is -2.50. The smallest absolute Gasteiger partial charge is 0.334 e. The summed E-state index contributed by atoms with van der Waals surface area (Å²) < 4.78 is 67.0. The first-order valence-corrected chi connectivity index (χ1v) is 11.1. The van der Waals surface area contributed by atoms with Crippen molar-refractivity contribution in [1.29, 1.82) is 0 Å². The Hall–Kier alpha value is -3.43. The molecule has 0 spiro atoms. The fraction of sp³-hybridized carbons (Fsp3) is 0.360. The zero-order chi connectivity index (χ0) is 25.2. The van der Waals surface area contributed by atoms with Crippen LogP contribution in [0.25, 0.3) is 11.3 Å². The minimum absolute atomic E-state index is 0.129. The maximum atomic E-state index is 14.3. The molecule has 0 aliphatic carbocycles. The van der Waals surface area contributed by atoms with Gasteiger partial charge in [-0.05, 0) is 56.2 Å². The number of aryl methyl sites for hydroxylation is 2. The van der Waals surface area contributed by atoms with E-state index in [0.717, 1.165) is 12.3 Å². The first-order chi connectivity index (χ1) is 16.5. The zero-order valence-electron chi connectivity index (χ0n) is 18.9. The van der Waals surface area contributed by atoms with E-state index in [9.17, 15) is 26.7 Å². The van der Waals surface area contributed by atoms with Gasteiger partial charge in [0.2, 0.25) is 0 Å². The first kappa shape index (κ1) is 24.7. The van der Waals surface area contributed by atoms with Gasteiger partial charge in [0.25, 0.3) is 11.8 Å². The Labute approximate surface area is 199 Å². The molecule has 1 aliphatic heterocycles. The van der Waals surface area contributed by atoms with E-state index < -0.39 is 42.5 Å². The number of rotatable bonds is 5. The molecular formula is C25H23F5N4O. The van der Waals surface area contributed by atoms with Gasteiger partial charge in [-0.3, -0.25) is 14.8 Å². The lowest BCUT2D eigenvalue weighted by Gasteiger charge is -2.39. The van der Waals surface area contributed by atoms with Crippen molar-refractivity contribution in [3.8, 4) is 11.3 Å². The standard InChI is InChI=1S/C25H23F5N4O/c1-16-5-10-20(21-4-2-3-12-31-21)22(33-16)23(35)34-13-11-24(26,27)14-19(34)9-8-18-7-6-17(15-32-18)25(28,29)30/h2-7,10,12,15,19H,8-9,11,13-14H2,1H3. The highest BCUT2D eigenvalue weighted by Crippen LogP contribution is 2.35. The van der Waals surface area contributed by atoms with Gasteiger partial charge < -0.3 is 4.90 Å². The van der Waals surface area contributed by atoms with Crippen molar-refractivity contribution in [2.24, 2.45) is 0 Å². The number of amides is 1. The van der Waals surface area contributed by atoms with Gasteiger partial charge in [0.15, 0.2) is 0 Å². The Kier molecular flexibility index (Phi) is 6.82. The van der Waals surface area contributed by atoms with E-state index in [-0.39, 0.29) is 25.1 Å². The predicted molar refractivity (Wildman–Crippen MR) is 119 cm³/mol. The van der Waals surface area contributed by atoms with Crippen molar-refractivity contribution in [2.75, 3.05) is 6.54 Å². The normalized spacial score (nSPS) is 17.9. The molecule has 1 atom stereocenters. The molecule has 4 heterocycles. The quantitative estimate of drug-likeness (QED) is 0.428. The maximum absolute atomic E-state index is 14.3. The molecule has 10 heteroatoms. The summed E-state index contributed by atoms with van der Waals surface area (Å²) in [5, 5.41) is 0. The number of carbonyl (C=O) groups excluding carboxylic acids is 1. The molecule has 4 rings (SSSR count). The molecule has 0 saturated carbocycles. The van der Waals surface area contributed by atoms with Crippen molar-refractivity contribution in [3.05, 3.63) is 77.5 Å². The third-order valence-corrected chi connectivity index (χ3v) is 6.02. The van der Waals surface area contributed by atoms with Gasteiger partial charge in [0.1, 0.15) is 5.69 Å². The lowest BCUT2D eigenvalue weighted by atomic mass is 9.93. The largest absolute Gasteiger partial charge is 0.417 e. The van der Waals surface area contributed by atoms with Gasteiger partial charge in [-0.2, -0.15) is 13.2 Å². The summed E-state index contributed by atoms with van der Waals surface area (Å²) in [6, 6.07) is 10.1. The number of nitrogens with zero attached hydrogens (tertiary/aromatic N) is 4. The fourth-order valence-corrected chi connectivity index (χ4v) is 4.19. The Balaban J connectivity index is 1.58. The van der Waals surface area contributed by atoms with Crippen LogP contribution in [0.3, 0.4) is 0 Å². The predicted octanol–water partition coefficient (Wildman–Crippen LogP) is 5.74. The van der Waals surface area contributed by atoms with Gasteiger partial charge in [0, 0.05) is 54.8 Å². The second kappa shape index (κ2) is 9.67. The zero-order valence-corrected chi connectivity index (χ0v) is 18.9. The van der Waals surface area contributed by atoms with Gasteiger partial charge in [0.05, 0.1) is 11.3 Å². The van der Waals surface area contributed by atoms with Crippen LogP contribution in [0.1, 0.15) is 46.7 Å². The highest BCUT2D eigenvalue weighted by molar-refractivity contribution is 5.98. The molecule has 1 saturated heterocycles. The van der Waals surface area contributed by atoms with Crippen molar-refractivity contribution >= 4 is 5.91 Å². The van der Waals surface area contributed by atoms with Crippen LogP contribution in [-0.2, 0) is 12.6 Å². The Morgan fingerprint density at radius 1 is 1.11 bits per heavy atom. The van der Waals surface area contributed by atoms with Crippen molar-refractivity contribution < 1.29 is 26.7 Å². The van der Waals surface area contributed by atoms with Crippen LogP contribution in [0.2, 0.25) is 0 Å². The van der Waals surface area contributed by atoms with Crippen LogP contribution in [0.15, 0.2) is 54.9 Å². The Morgan fingerprint density at radius 3 is 2.57 bits per heavy atom. The van der Waals surface area contributed by atoms with Crippen molar-refractivity contribution in [2.45, 2.75) is 50.7 Å². The summed E-state index contributed by atoms with van der Waals surface area (Å²) in [7, 11) is 0. The summed E-state index contributed by atoms with van der Waals surface area (Å²) in [6.45, 7) is 1.57. The number of halogens is 5. The average molecular weight is 490 g/mol. The molecule has 1 fully saturated rings. The number of alkyl halides is 5. The highest BCUT2D eigenvalue weighted by Gasteiger charge is 2.42. The van der Waals surface area contributed by atoms with E-state index in [1.165, 1.54) is 11.0 Å². The Bertz CT molecular complexity index is 1180. The van der Waals surface area contributed by atoms with E-state index in [1.807, 2.05) is 0 Å². The van der Waals surface area contributed by atoms with Gasteiger partial charge in [-0.15, -0.1) is 0 Å². The molecule has 3 aromatic heterocycles. The monoisotopic (exact) mass is 490 g/mol. The number of hydrogen-bond donors (Lipinski definition) is 0. The molecule has 0 N–H and O–H groups in total. The summed E-state index contributed by atoms with van der Waals surface area (Å²) in [5.74, 6) is -3.42. The van der Waals surface area contributed by atoms with Crippen LogP contribution in [0.4, 0.5) is 22.0 Å². The van der Waals surface area contributed by atoms with E-state index in [2.05, 4.69) is 15.0 Å². The molecule has 184 valence electrons. The minimum atomic E-state index is -4.51.